The van der Waals surface area contributed by atoms with Crippen LogP contribution >= 0.6 is 0 Å². The topological polar surface area (TPSA) is 97.2 Å². The van der Waals surface area contributed by atoms with Crippen LogP contribution in [-0.4, -0.2) is 51.7 Å². The van der Waals surface area contributed by atoms with Gasteiger partial charge in [-0.05, 0) is 50.7 Å². The van der Waals surface area contributed by atoms with Gasteiger partial charge in [-0.15, -0.1) is 0 Å². The van der Waals surface area contributed by atoms with Crippen molar-refractivity contribution in [3.05, 3.63) is 47.5 Å². The number of rotatable bonds is 8. The quantitative estimate of drug-likeness (QED) is 0.688. The number of sulfonamides is 1. The Morgan fingerprint density at radius 3 is 2.67 bits per heavy atom. The highest BCUT2D eigenvalue weighted by atomic mass is 32.2. The fourth-order valence-corrected chi connectivity index (χ4v) is 5.40. The minimum absolute atomic E-state index is 0.166. The molecule has 0 aromatic carbocycles. The van der Waals surface area contributed by atoms with E-state index in [9.17, 15) is 13.2 Å². The zero-order valence-electron chi connectivity index (χ0n) is 17.9. The highest BCUT2D eigenvalue weighted by Gasteiger charge is 2.32. The number of carbonyl (C=O) groups is 1. The van der Waals surface area contributed by atoms with Crippen molar-refractivity contribution in [1.29, 1.82) is 0 Å². The van der Waals surface area contributed by atoms with Crippen molar-refractivity contribution in [2.45, 2.75) is 51.3 Å². The summed E-state index contributed by atoms with van der Waals surface area (Å²) in [4.78, 5) is 16.9. The van der Waals surface area contributed by atoms with Crippen LogP contribution in [-0.2, 0) is 30.0 Å². The molecule has 2 aromatic heterocycles. The van der Waals surface area contributed by atoms with E-state index in [4.69, 9.17) is 0 Å². The van der Waals surface area contributed by atoms with Gasteiger partial charge in [0.2, 0.25) is 10.0 Å². The molecular formula is C21H31N5O3S. The zero-order chi connectivity index (χ0) is 21.7. The van der Waals surface area contributed by atoms with Gasteiger partial charge in [-0.2, -0.15) is 5.10 Å². The molecule has 2 aromatic rings. The number of amides is 1. The van der Waals surface area contributed by atoms with Gasteiger partial charge in [-0.3, -0.25) is 14.5 Å². The van der Waals surface area contributed by atoms with Crippen LogP contribution in [0.15, 0.2) is 30.6 Å². The van der Waals surface area contributed by atoms with Gasteiger partial charge in [-0.1, -0.05) is 13.0 Å². The maximum absolute atomic E-state index is 12.7. The number of nitrogens with zero attached hydrogens (tertiary/aromatic N) is 4. The van der Waals surface area contributed by atoms with Crippen molar-refractivity contribution >= 4 is 15.9 Å². The predicted molar refractivity (Wildman–Crippen MR) is 115 cm³/mol. The Morgan fingerprint density at radius 2 is 2.03 bits per heavy atom. The summed E-state index contributed by atoms with van der Waals surface area (Å²) in [7, 11) is -1.41. The lowest BCUT2D eigenvalue weighted by atomic mass is 9.92. The maximum atomic E-state index is 12.7. The Bertz CT molecular complexity index is 950. The van der Waals surface area contributed by atoms with Crippen LogP contribution in [0.5, 0.6) is 0 Å². The summed E-state index contributed by atoms with van der Waals surface area (Å²) in [5.41, 5.74) is 2.13. The minimum Gasteiger partial charge on any atom is -0.346 e. The van der Waals surface area contributed by atoms with E-state index in [1.807, 2.05) is 25.1 Å². The normalized spacial score (nSPS) is 17.0. The van der Waals surface area contributed by atoms with Crippen molar-refractivity contribution in [2.24, 2.45) is 13.0 Å². The molecule has 1 unspecified atom stereocenters. The Morgan fingerprint density at radius 1 is 1.30 bits per heavy atom. The Balaban J connectivity index is 1.60. The van der Waals surface area contributed by atoms with Crippen molar-refractivity contribution in [1.82, 2.24) is 24.4 Å². The first kappa shape index (κ1) is 22.4. The maximum Gasteiger partial charge on any atom is 0.255 e. The van der Waals surface area contributed by atoms with Crippen molar-refractivity contribution in [2.75, 3.05) is 13.1 Å². The van der Waals surface area contributed by atoms with Gasteiger partial charge in [0.25, 0.3) is 5.91 Å². The molecule has 1 amide bonds. The summed E-state index contributed by atoms with van der Waals surface area (Å²) in [6.07, 6.45) is 6.29. The van der Waals surface area contributed by atoms with Crippen LogP contribution in [0.4, 0.5) is 0 Å². The fourth-order valence-electron chi connectivity index (χ4n) is 3.75. The summed E-state index contributed by atoms with van der Waals surface area (Å²) < 4.78 is 28.4. The highest BCUT2D eigenvalue weighted by molar-refractivity contribution is 7.89. The van der Waals surface area contributed by atoms with Gasteiger partial charge in [0.15, 0.2) is 0 Å². The molecule has 0 spiro atoms. The van der Waals surface area contributed by atoms with Crippen molar-refractivity contribution in [3.63, 3.8) is 0 Å². The summed E-state index contributed by atoms with van der Waals surface area (Å²) in [5, 5.41) is 7.06. The second kappa shape index (κ2) is 9.70. The number of hydrogen-bond donors (Lipinski definition) is 1. The lowest BCUT2D eigenvalue weighted by molar-refractivity contribution is 0.0949. The zero-order valence-corrected chi connectivity index (χ0v) is 18.7. The fraction of sp³-hybridized carbons (Fsp3) is 0.571. The monoisotopic (exact) mass is 433 g/mol. The number of carbonyl (C=O) groups excluding carboxylic acids is 1. The molecule has 1 saturated heterocycles. The Labute approximate surface area is 178 Å². The van der Waals surface area contributed by atoms with Crippen LogP contribution in [0.25, 0.3) is 0 Å². The summed E-state index contributed by atoms with van der Waals surface area (Å²) in [6.45, 7) is 5.10. The number of aromatic nitrogens is 3. The van der Waals surface area contributed by atoms with Gasteiger partial charge in [0, 0.05) is 32.5 Å². The molecule has 0 bridgehead atoms. The van der Waals surface area contributed by atoms with E-state index in [-0.39, 0.29) is 11.2 Å². The summed E-state index contributed by atoms with van der Waals surface area (Å²) in [5.74, 6) is 0.145. The molecule has 1 atom stereocenters. The van der Waals surface area contributed by atoms with Crippen LogP contribution < -0.4 is 5.32 Å². The van der Waals surface area contributed by atoms with Gasteiger partial charge < -0.3 is 5.32 Å². The predicted octanol–water partition coefficient (Wildman–Crippen LogP) is 2.13. The smallest absolute Gasteiger partial charge is 0.255 e. The van der Waals surface area contributed by atoms with Gasteiger partial charge in [0.05, 0.1) is 28.7 Å². The molecule has 8 nitrogen and oxygen atoms in total. The molecule has 0 saturated carbocycles. The number of hydrogen-bond acceptors (Lipinski definition) is 5. The second-order valence-electron chi connectivity index (χ2n) is 7.98. The number of nitrogens with one attached hydrogen (secondary N) is 1. The van der Waals surface area contributed by atoms with Gasteiger partial charge >= 0.3 is 0 Å². The van der Waals surface area contributed by atoms with Crippen molar-refractivity contribution < 1.29 is 13.2 Å². The third-order valence-corrected chi connectivity index (χ3v) is 8.24. The minimum atomic E-state index is -3.22. The highest BCUT2D eigenvalue weighted by Crippen LogP contribution is 2.26. The average molecular weight is 434 g/mol. The Kier molecular flexibility index (Phi) is 7.25. The third kappa shape index (κ3) is 5.26. The van der Waals surface area contributed by atoms with E-state index in [0.717, 1.165) is 24.2 Å². The molecule has 1 fully saturated rings. The third-order valence-electron chi connectivity index (χ3n) is 5.80. The van der Waals surface area contributed by atoms with Crippen LogP contribution in [0.2, 0.25) is 0 Å². The first-order valence-electron chi connectivity index (χ1n) is 10.5. The molecule has 1 aliphatic rings. The van der Waals surface area contributed by atoms with Crippen LogP contribution in [0.3, 0.4) is 0 Å². The van der Waals surface area contributed by atoms with Crippen molar-refractivity contribution in [3.8, 4) is 0 Å². The van der Waals surface area contributed by atoms with E-state index >= 15 is 0 Å². The lowest BCUT2D eigenvalue weighted by Gasteiger charge is -2.32. The molecule has 30 heavy (non-hydrogen) atoms. The molecule has 0 aliphatic carbocycles. The van der Waals surface area contributed by atoms with E-state index in [0.29, 0.717) is 44.0 Å². The van der Waals surface area contributed by atoms with Gasteiger partial charge in [0.1, 0.15) is 0 Å². The summed E-state index contributed by atoms with van der Waals surface area (Å²) >= 11 is 0. The van der Waals surface area contributed by atoms with E-state index in [2.05, 4.69) is 15.4 Å². The van der Waals surface area contributed by atoms with E-state index in [1.54, 1.807) is 35.4 Å². The molecule has 1 N–H and O–H groups in total. The molecule has 3 heterocycles. The molecule has 0 radical (unpaired) electrons. The van der Waals surface area contributed by atoms with Crippen LogP contribution in [0.1, 0.15) is 54.9 Å². The lowest BCUT2D eigenvalue weighted by Crippen LogP contribution is -2.42. The SMILES string of the molecule is CCC(C)S(=O)(=O)N1CCC(Cc2nn(C)cc2C(=O)NCc2ccccn2)CC1. The first-order chi connectivity index (χ1) is 14.3. The van der Waals surface area contributed by atoms with Crippen LogP contribution in [0, 0.1) is 5.92 Å². The molecule has 164 valence electrons. The number of piperidine rings is 1. The van der Waals surface area contributed by atoms with Gasteiger partial charge in [-0.25, -0.2) is 12.7 Å². The first-order valence-corrected chi connectivity index (χ1v) is 12.0. The second-order valence-corrected chi connectivity index (χ2v) is 10.3. The largest absolute Gasteiger partial charge is 0.346 e. The molecule has 1 aliphatic heterocycles. The Hall–Kier alpha value is -2.26. The number of aryl methyl sites for hydroxylation is 1. The summed E-state index contributed by atoms with van der Waals surface area (Å²) in [6, 6.07) is 5.59. The molecular weight excluding hydrogens is 402 g/mol. The average Bonchev–Trinajstić information content (AvgIpc) is 3.12. The number of pyridine rings is 1. The van der Waals surface area contributed by atoms with E-state index < -0.39 is 10.0 Å². The standard InChI is InChI=1S/C21H31N5O3S/c1-4-16(2)30(28,29)26-11-8-17(9-12-26)13-20-19(15-25(3)24-20)21(27)23-14-18-7-5-6-10-22-18/h5-7,10,15-17H,4,8-9,11-14H2,1-3H3,(H,23,27). The van der Waals surface area contributed by atoms with E-state index in [1.165, 1.54) is 0 Å². The molecule has 3 rings (SSSR count). The molecule has 9 heteroatoms.